The summed E-state index contributed by atoms with van der Waals surface area (Å²) in [4.78, 5) is 26.2. The van der Waals surface area contributed by atoms with Crippen LogP contribution in [0.4, 0.5) is 20.6 Å². The van der Waals surface area contributed by atoms with Gasteiger partial charge in [-0.2, -0.15) is 0 Å². The fraction of sp³-hybridized carbons (Fsp3) is 0.258. The van der Waals surface area contributed by atoms with E-state index < -0.39 is 15.7 Å². The van der Waals surface area contributed by atoms with Crippen molar-refractivity contribution in [2.75, 3.05) is 29.6 Å². The molecule has 0 spiro atoms. The second-order valence-corrected chi connectivity index (χ2v) is 12.3. The van der Waals surface area contributed by atoms with Crippen LogP contribution in [0.5, 0.6) is 11.6 Å². The molecule has 0 radical (unpaired) electrons. The van der Waals surface area contributed by atoms with Gasteiger partial charge < -0.3 is 10.1 Å². The van der Waals surface area contributed by atoms with E-state index in [1.54, 1.807) is 53.7 Å². The molecule has 1 saturated heterocycles. The minimum absolute atomic E-state index is 0.107. The van der Waals surface area contributed by atoms with Gasteiger partial charge in [-0.25, -0.2) is 22.6 Å². The predicted octanol–water partition coefficient (Wildman–Crippen LogP) is 5.82. The van der Waals surface area contributed by atoms with Crippen molar-refractivity contribution in [1.82, 2.24) is 14.9 Å². The van der Waals surface area contributed by atoms with Gasteiger partial charge in [0.25, 0.3) is 0 Å². The van der Waals surface area contributed by atoms with Gasteiger partial charge >= 0.3 is 6.03 Å². The normalized spacial score (nSPS) is 14.4. The molecule has 218 valence electrons. The lowest BCUT2D eigenvalue weighted by molar-refractivity contribution is 0.199. The average Bonchev–Trinajstić information content (AvgIpc) is 2.96. The largest absolute Gasteiger partial charge is 0.439 e. The van der Waals surface area contributed by atoms with Crippen molar-refractivity contribution in [3.63, 3.8) is 0 Å². The number of nitrogens with one attached hydrogen (secondary N) is 1. The Labute approximate surface area is 244 Å². The third-order valence-electron chi connectivity index (χ3n) is 7.07. The molecular weight excluding hydrogens is 557 g/mol. The number of anilines is 2. The van der Waals surface area contributed by atoms with E-state index in [0.29, 0.717) is 42.4 Å². The SMILES string of the molecule is Cc1ccc(NC(=O)N(c2cccc(F)c2)C2CCN(Cc3ccc(Oc4ccc(S(C)(=O)=O)cc4)nc3)CC2)cn1. The molecule has 0 unspecified atom stereocenters. The molecule has 0 atom stereocenters. The molecule has 1 aliphatic rings. The second-order valence-electron chi connectivity index (χ2n) is 10.3. The molecule has 1 aliphatic heterocycles. The maximum Gasteiger partial charge on any atom is 0.326 e. The van der Waals surface area contributed by atoms with Crippen molar-refractivity contribution in [3.8, 4) is 11.6 Å². The van der Waals surface area contributed by atoms with Gasteiger partial charge in [0, 0.05) is 55.6 Å². The quantitative estimate of drug-likeness (QED) is 0.276. The van der Waals surface area contributed by atoms with E-state index in [1.165, 1.54) is 24.3 Å². The molecule has 9 nitrogen and oxygen atoms in total. The summed E-state index contributed by atoms with van der Waals surface area (Å²) in [6, 6.07) is 19.2. The number of carbonyl (C=O) groups excluding carboxylic acids is 1. The third-order valence-corrected chi connectivity index (χ3v) is 8.20. The number of likely N-dealkylation sites (tertiary alicyclic amines) is 1. The maximum absolute atomic E-state index is 14.1. The van der Waals surface area contributed by atoms with Gasteiger partial charge in [-0.3, -0.25) is 14.8 Å². The average molecular weight is 590 g/mol. The minimum Gasteiger partial charge on any atom is -0.439 e. The van der Waals surface area contributed by atoms with Crippen LogP contribution < -0.4 is 15.0 Å². The Bertz CT molecular complexity index is 1620. The van der Waals surface area contributed by atoms with E-state index >= 15 is 0 Å². The molecular formula is C31H32FN5O4S. The summed E-state index contributed by atoms with van der Waals surface area (Å²) in [6.07, 6.45) is 5.96. The summed E-state index contributed by atoms with van der Waals surface area (Å²) in [5, 5.41) is 2.91. The molecule has 11 heteroatoms. The zero-order valence-corrected chi connectivity index (χ0v) is 24.2. The Kier molecular flexibility index (Phi) is 8.79. The zero-order chi connectivity index (χ0) is 29.7. The fourth-order valence-electron chi connectivity index (χ4n) is 4.88. The molecule has 1 N–H and O–H groups in total. The number of benzene rings is 2. The molecule has 0 bridgehead atoms. The van der Waals surface area contributed by atoms with Crippen molar-refractivity contribution >= 4 is 27.2 Å². The Morgan fingerprint density at radius 1 is 1.02 bits per heavy atom. The summed E-state index contributed by atoms with van der Waals surface area (Å²) in [5.41, 5.74) is 2.95. The fourth-order valence-corrected chi connectivity index (χ4v) is 5.51. The van der Waals surface area contributed by atoms with E-state index in [0.717, 1.165) is 30.6 Å². The predicted molar refractivity (Wildman–Crippen MR) is 159 cm³/mol. The van der Waals surface area contributed by atoms with Gasteiger partial charge in [-0.1, -0.05) is 12.1 Å². The lowest BCUT2D eigenvalue weighted by Crippen LogP contribution is -2.49. The summed E-state index contributed by atoms with van der Waals surface area (Å²) in [6.45, 7) is 4.06. The van der Waals surface area contributed by atoms with Crippen molar-refractivity contribution in [1.29, 1.82) is 0 Å². The number of aromatic nitrogens is 2. The Balaban J connectivity index is 1.19. The number of rotatable bonds is 8. The Morgan fingerprint density at radius 2 is 1.79 bits per heavy atom. The molecule has 4 aromatic rings. The first-order valence-corrected chi connectivity index (χ1v) is 15.5. The number of amides is 2. The third kappa shape index (κ3) is 7.48. The van der Waals surface area contributed by atoms with Crippen LogP contribution in [0, 0.1) is 12.7 Å². The lowest BCUT2D eigenvalue weighted by Gasteiger charge is -2.38. The summed E-state index contributed by atoms with van der Waals surface area (Å²) < 4.78 is 43.2. The highest BCUT2D eigenvalue weighted by Gasteiger charge is 2.30. The molecule has 0 aliphatic carbocycles. The van der Waals surface area contributed by atoms with E-state index in [9.17, 15) is 17.6 Å². The first kappa shape index (κ1) is 29.2. The second kappa shape index (κ2) is 12.7. The van der Waals surface area contributed by atoms with Crippen LogP contribution in [0.1, 0.15) is 24.1 Å². The highest BCUT2D eigenvalue weighted by Crippen LogP contribution is 2.27. The molecule has 2 aromatic heterocycles. The maximum atomic E-state index is 14.1. The number of nitrogens with zero attached hydrogens (tertiary/aromatic N) is 4. The van der Waals surface area contributed by atoms with Gasteiger partial charge in [-0.15, -0.1) is 0 Å². The number of hydrogen-bond donors (Lipinski definition) is 1. The minimum atomic E-state index is -3.27. The van der Waals surface area contributed by atoms with Crippen LogP contribution >= 0.6 is 0 Å². The first-order chi connectivity index (χ1) is 20.1. The number of urea groups is 1. The number of halogens is 1. The van der Waals surface area contributed by atoms with E-state index in [2.05, 4.69) is 20.2 Å². The summed E-state index contributed by atoms with van der Waals surface area (Å²) in [7, 11) is -3.27. The van der Waals surface area contributed by atoms with Crippen LogP contribution in [0.3, 0.4) is 0 Å². The van der Waals surface area contributed by atoms with Crippen LogP contribution in [-0.2, 0) is 16.4 Å². The number of pyridine rings is 2. The standard InChI is InChI=1S/C31H32FN5O4S/c1-22-6-8-25(20-33-22)35-31(38)37(27-5-3-4-24(32)18-27)26-14-16-36(17-15-26)21-23-7-13-30(34-19-23)41-28-9-11-29(12-10-28)42(2,39)40/h3-13,18-20,26H,14-17,21H2,1-2H3,(H,35,38). The van der Waals surface area contributed by atoms with Crippen molar-refractivity contribution in [3.05, 3.63) is 102 Å². The number of aryl methyl sites for hydroxylation is 1. The molecule has 1 fully saturated rings. The molecule has 2 amide bonds. The monoisotopic (exact) mass is 589 g/mol. The van der Waals surface area contributed by atoms with Crippen molar-refractivity contribution < 1.29 is 22.3 Å². The Morgan fingerprint density at radius 3 is 2.40 bits per heavy atom. The Hall–Kier alpha value is -4.35. The number of piperidine rings is 1. The van der Waals surface area contributed by atoms with Crippen LogP contribution in [0.25, 0.3) is 0 Å². The number of sulfone groups is 1. The molecule has 42 heavy (non-hydrogen) atoms. The smallest absolute Gasteiger partial charge is 0.326 e. The number of ether oxygens (including phenoxy) is 1. The van der Waals surface area contributed by atoms with Gasteiger partial charge in [0.05, 0.1) is 16.8 Å². The van der Waals surface area contributed by atoms with Gasteiger partial charge in [0.15, 0.2) is 9.84 Å². The van der Waals surface area contributed by atoms with Crippen LogP contribution in [0.15, 0.2) is 90.1 Å². The van der Waals surface area contributed by atoms with E-state index in [1.807, 2.05) is 19.1 Å². The molecule has 3 heterocycles. The van der Waals surface area contributed by atoms with Crippen molar-refractivity contribution in [2.24, 2.45) is 0 Å². The summed E-state index contributed by atoms with van der Waals surface area (Å²) >= 11 is 0. The van der Waals surface area contributed by atoms with Crippen molar-refractivity contribution in [2.45, 2.75) is 37.2 Å². The molecule has 2 aromatic carbocycles. The van der Waals surface area contributed by atoms with Crippen LogP contribution in [-0.4, -0.2) is 54.7 Å². The van der Waals surface area contributed by atoms with E-state index in [-0.39, 0.29) is 17.0 Å². The van der Waals surface area contributed by atoms with Gasteiger partial charge in [0.1, 0.15) is 11.6 Å². The number of hydrogen-bond acceptors (Lipinski definition) is 7. The lowest BCUT2D eigenvalue weighted by atomic mass is 10.0. The number of carbonyl (C=O) groups is 1. The first-order valence-electron chi connectivity index (χ1n) is 13.6. The van der Waals surface area contributed by atoms with Gasteiger partial charge in [0.2, 0.25) is 5.88 Å². The highest BCUT2D eigenvalue weighted by molar-refractivity contribution is 7.90. The molecule has 0 saturated carbocycles. The van der Waals surface area contributed by atoms with Gasteiger partial charge in [-0.05, 0) is 79.9 Å². The summed E-state index contributed by atoms with van der Waals surface area (Å²) in [5.74, 6) is 0.505. The highest BCUT2D eigenvalue weighted by atomic mass is 32.2. The topological polar surface area (TPSA) is 105 Å². The van der Waals surface area contributed by atoms with E-state index in [4.69, 9.17) is 4.74 Å². The molecule has 5 rings (SSSR count). The zero-order valence-electron chi connectivity index (χ0n) is 23.4. The van der Waals surface area contributed by atoms with Crippen LogP contribution in [0.2, 0.25) is 0 Å².